The highest BCUT2D eigenvalue weighted by atomic mass is 35.5. The summed E-state index contributed by atoms with van der Waals surface area (Å²) < 4.78 is 39.0. The molecule has 0 unspecified atom stereocenters. The fourth-order valence-electron chi connectivity index (χ4n) is 7.19. The summed E-state index contributed by atoms with van der Waals surface area (Å²) in [6, 6.07) is 14.2. The standard InChI is InChI=1S/C38H38Cl2FN3O8/c1-49-32-10-8-24(16-34(32)51-3)26(17-28-29(39)19-43(48)20-30(28)40)27-15-22(7-9-25(27)37(45)46)18-44(36-31(41)5-4-6-33(36)50-2)38(47)52-35-21-42-13-11-23(35)12-14-42/h4-10,15-16,19-20,23,26,35H,11-14,17-18,21H2,1-3H3,(H-,45,46,48)/p+1/t26-,35-/m0/s1. The third-order valence-corrected chi connectivity index (χ3v) is 10.5. The summed E-state index contributed by atoms with van der Waals surface area (Å²) in [7, 11) is 4.39. The zero-order valence-corrected chi connectivity index (χ0v) is 30.4. The molecule has 11 nitrogen and oxygen atoms in total. The Labute approximate surface area is 310 Å². The van der Waals surface area contributed by atoms with Crippen LogP contribution in [0.25, 0.3) is 0 Å². The van der Waals surface area contributed by atoms with Gasteiger partial charge in [-0.1, -0.05) is 47.5 Å². The Balaban J connectivity index is 1.46. The van der Waals surface area contributed by atoms with Gasteiger partial charge in [0.05, 0.1) is 33.4 Å². The van der Waals surface area contributed by atoms with Gasteiger partial charge in [-0.2, -0.15) is 0 Å². The lowest BCUT2D eigenvalue weighted by Crippen LogP contribution is -2.53. The molecule has 2 atom stereocenters. The lowest BCUT2D eigenvalue weighted by atomic mass is 9.82. The van der Waals surface area contributed by atoms with E-state index in [4.69, 9.17) is 42.1 Å². The molecule has 1 aromatic heterocycles. The number of piperidine rings is 3. The Bertz CT molecular complexity index is 1950. The van der Waals surface area contributed by atoms with Crippen LogP contribution in [0.15, 0.2) is 67.0 Å². The van der Waals surface area contributed by atoms with Crippen LogP contribution in [0.5, 0.6) is 17.2 Å². The molecule has 7 rings (SSSR count). The Morgan fingerprint density at radius 2 is 1.65 bits per heavy atom. The number of amides is 1. The number of para-hydroxylation sites is 1. The van der Waals surface area contributed by atoms with Gasteiger partial charge in [0.2, 0.25) is 12.4 Å². The molecule has 3 aliphatic rings. The second-order valence-electron chi connectivity index (χ2n) is 12.8. The van der Waals surface area contributed by atoms with Crippen LogP contribution < -0.4 is 23.8 Å². The minimum absolute atomic E-state index is 0.0196. The number of carboxylic acid groups (broad SMARTS) is 1. The van der Waals surface area contributed by atoms with E-state index in [2.05, 4.69) is 4.90 Å². The van der Waals surface area contributed by atoms with Crippen LogP contribution in [0.2, 0.25) is 10.0 Å². The molecular formula is C38H39Cl2FN3O8+. The summed E-state index contributed by atoms with van der Waals surface area (Å²) in [5.41, 5.74) is 1.82. The molecule has 52 heavy (non-hydrogen) atoms. The summed E-state index contributed by atoms with van der Waals surface area (Å²) in [5, 5.41) is 20.8. The first-order valence-electron chi connectivity index (χ1n) is 16.7. The Morgan fingerprint density at radius 3 is 2.27 bits per heavy atom. The van der Waals surface area contributed by atoms with E-state index in [1.165, 1.54) is 56.8 Å². The van der Waals surface area contributed by atoms with Crippen LogP contribution >= 0.6 is 23.2 Å². The molecule has 0 spiro atoms. The summed E-state index contributed by atoms with van der Waals surface area (Å²) in [4.78, 5) is 30.3. The summed E-state index contributed by atoms with van der Waals surface area (Å²) in [6.07, 6.45) is 3.38. The van der Waals surface area contributed by atoms with Crippen molar-refractivity contribution in [2.45, 2.75) is 37.8 Å². The third kappa shape index (κ3) is 7.69. The summed E-state index contributed by atoms with van der Waals surface area (Å²) >= 11 is 13.2. The number of ether oxygens (including phenoxy) is 4. The molecule has 3 saturated heterocycles. The van der Waals surface area contributed by atoms with E-state index in [1.54, 1.807) is 36.4 Å². The zero-order valence-electron chi connectivity index (χ0n) is 28.9. The van der Waals surface area contributed by atoms with Crippen LogP contribution in [-0.2, 0) is 17.7 Å². The maximum absolute atomic E-state index is 15.7. The molecule has 0 aliphatic carbocycles. The predicted molar refractivity (Wildman–Crippen MR) is 191 cm³/mol. The van der Waals surface area contributed by atoms with Gasteiger partial charge in [-0.3, -0.25) is 15.0 Å². The van der Waals surface area contributed by atoms with E-state index in [1.807, 2.05) is 0 Å². The van der Waals surface area contributed by atoms with E-state index >= 15 is 4.39 Å². The molecule has 2 bridgehead atoms. The van der Waals surface area contributed by atoms with Gasteiger partial charge in [-0.05, 0) is 85.3 Å². The number of nitrogens with zero attached hydrogens (tertiary/aromatic N) is 3. The smallest absolute Gasteiger partial charge is 0.415 e. The monoisotopic (exact) mass is 754 g/mol. The van der Waals surface area contributed by atoms with Crippen LogP contribution in [0.1, 0.15) is 51.4 Å². The number of aromatic carboxylic acids is 1. The highest BCUT2D eigenvalue weighted by Gasteiger charge is 2.38. The highest BCUT2D eigenvalue weighted by Crippen LogP contribution is 2.40. The molecule has 3 aliphatic heterocycles. The molecule has 4 heterocycles. The van der Waals surface area contributed by atoms with Crippen molar-refractivity contribution in [3.8, 4) is 17.2 Å². The number of anilines is 1. The van der Waals surface area contributed by atoms with Crippen molar-refractivity contribution in [3.63, 3.8) is 0 Å². The van der Waals surface area contributed by atoms with Gasteiger partial charge in [0.1, 0.15) is 27.6 Å². The lowest BCUT2D eigenvalue weighted by Gasteiger charge is -2.44. The number of halogens is 3. The number of methoxy groups -OCH3 is 3. The number of carbonyl (C=O) groups is 2. The molecule has 0 saturated carbocycles. The van der Waals surface area contributed by atoms with E-state index < -0.39 is 23.8 Å². The van der Waals surface area contributed by atoms with Gasteiger partial charge in [0, 0.05) is 22.8 Å². The normalized spacial score (nSPS) is 18.4. The Kier molecular flexibility index (Phi) is 11.3. The number of carbonyl (C=O) groups excluding carboxylic acids is 1. The number of rotatable bonds is 12. The van der Waals surface area contributed by atoms with Crippen LogP contribution in [0.4, 0.5) is 14.9 Å². The number of fused-ring (bicyclic) bond motifs is 3. The third-order valence-electron chi connectivity index (χ3n) is 9.86. The van der Waals surface area contributed by atoms with Crippen LogP contribution in [0, 0.1) is 11.7 Å². The van der Waals surface area contributed by atoms with Crippen LogP contribution in [0.3, 0.4) is 0 Å². The molecule has 274 valence electrons. The maximum atomic E-state index is 15.7. The van der Waals surface area contributed by atoms with E-state index in [0.29, 0.717) is 40.3 Å². The van der Waals surface area contributed by atoms with Crippen molar-refractivity contribution in [2.24, 2.45) is 5.92 Å². The van der Waals surface area contributed by atoms with Crippen molar-refractivity contribution in [1.29, 1.82) is 0 Å². The molecule has 4 aromatic rings. The van der Waals surface area contributed by atoms with Gasteiger partial charge in [0.15, 0.2) is 17.3 Å². The van der Waals surface area contributed by atoms with Crippen molar-refractivity contribution >= 4 is 41.0 Å². The number of pyridine rings is 1. The van der Waals surface area contributed by atoms with E-state index in [0.717, 1.165) is 30.7 Å². The molecule has 14 heteroatoms. The molecule has 2 N–H and O–H groups in total. The minimum atomic E-state index is -1.19. The molecule has 3 aromatic carbocycles. The lowest BCUT2D eigenvalue weighted by molar-refractivity contribution is -0.904. The second kappa shape index (κ2) is 15.9. The minimum Gasteiger partial charge on any atom is -0.494 e. The SMILES string of the molecule is COc1ccc([C@H](Cc2c(Cl)c[n+](O)cc2Cl)c2cc(CN(C(=O)O[C@H]3CN4CCC3CC4)c3c(F)cccc3OC)ccc2C(=O)O)cc1OC. The molecule has 3 fully saturated rings. The van der Waals surface area contributed by atoms with Gasteiger partial charge in [-0.25, -0.2) is 14.0 Å². The highest BCUT2D eigenvalue weighted by molar-refractivity contribution is 6.35. The first-order chi connectivity index (χ1) is 25.0. The second-order valence-corrected chi connectivity index (χ2v) is 13.7. The first-order valence-corrected chi connectivity index (χ1v) is 17.5. The van der Waals surface area contributed by atoms with E-state index in [9.17, 15) is 19.9 Å². The zero-order chi connectivity index (χ0) is 37.1. The van der Waals surface area contributed by atoms with Gasteiger partial charge >= 0.3 is 12.1 Å². The van der Waals surface area contributed by atoms with Gasteiger partial charge in [-0.15, -0.1) is 0 Å². The number of carboxylic acids is 1. The number of benzene rings is 3. The number of aromatic nitrogens is 1. The average molecular weight is 756 g/mol. The van der Waals surface area contributed by atoms with Gasteiger partial charge in [0.25, 0.3) is 0 Å². The summed E-state index contributed by atoms with van der Waals surface area (Å²) in [6.45, 7) is 2.32. The van der Waals surface area contributed by atoms with Gasteiger partial charge < -0.3 is 24.1 Å². The fourth-order valence-corrected chi connectivity index (χ4v) is 7.79. The molecular weight excluding hydrogens is 716 g/mol. The largest absolute Gasteiger partial charge is 0.494 e. The topological polar surface area (TPSA) is 122 Å². The molecule has 0 radical (unpaired) electrons. The van der Waals surface area contributed by atoms with E-state index in [-0.39, 0.29) is 52.0 Å². The Morgan fingerprint density at radius 1 is 0.962 bits per heavy atom. The first kappa shape index (κ1) is 37.0. The van der Waals surface area contributed by atoms with Crippen molar-refractivity contribution < 1.29 is 48.0 Å². The maximum Gasteiger partial charge on any atom is 0.415 e. The van der Waals surface area contributed by atoms with Crippen molar-refractivity contribution in [2.75, 3.05) is 45.9 Å². The van der Waals surface area contributed by atoms with Crippen molar-refractivity contribution in [3.05, 3.63) is 111 Å². The summed E-state index contributed by atoms with van der Waals surface area (Å²) in [5.74, 6) is -1.38. The number of hydrogen-bond donors (Lipinski definition) is 2. The van der Waals surface area contributed by atoms with Crippen LogP contribution in [-0.4, -0.2) is 74.3 Å². The predicted octanol–water partition coefficient (Wildman–Crippen LogP) is 6.99. The van der Waals surface area contributed by atoms with Crippen molar-refractivity contribution in [1.82, 2.24) is 4.90 Å². The average Bonchev–Trinajstić information content (AvgIpc) is 3.13. The fraction of sp³-hybridized carbons (Fsp3) is 0.342. The molecule has 1 amide bonds. The number of hydrogen-bond acceptors (Lipinski definition) is 8. The quantitative estimate of drug-likeness (QED) is 0.116. The Hall–Kier alpha value is -4.78.